The average Bonchev–Trinajstić information content (AvgIpc) is 3.21. The monoisotopic (exact) mass is 366 g/mol. The standard InChI is InChI=1S/C24H34N2O/c1-4-27-17-13-16(14-25-15-17)19-6-7-20-18-5-8-22-24(3,11-12-26-22)21(18)9-10-23(19,20)2/h6,13-15,18,20-22,26H,4-5,7-12H2,1-3H3/t18-,20-,21-,22?,23+,24+/m0/s1. The molecule has 1 saturated heterocycles. The van der Waals surface area contributed by atoms with E-state index in [9.17, 15) is 0 Å². The zero-order valence-corrected chi connectivity index (χ0v) is 17.1. The number of pyridine rings is 1. The van der Waals surface area contributed by atoms with Crippen molar-refractivity contribution in [3.63, 3.8) is 0 Å². The van der Waals surface area contributed by atoms with Gasteiger partial charge in [-0.3, -0.25) is 4.98 Å². The number of hydrogen-bond donors (Lipinski definition) is 1. The van der Waals surface area contributed by atoms with Gasteiger partial charge in [0.2, 0.25) is 0 Å². The Morgan fingerprint density at radius 2 is 2.04 bits per heavy atom. The molecule has 3 aliphatic carbocycles. The van der Waals surface area contributed by atoms with E-state index >= 15 is 0 Å². The first-order valence-corrected chi connectivity index (χ1v) is 11.1. The highest BCUT2D eigenvalue weighted by molar-refractivity contribution is 5.73. The minimum atomic E-state index is 0.308. The fraction of sp³-hybridized carbons (Fsp3) is 0.708. The summed E-state index contributed by atoms with van der Waals surface area (Å²) in [5, 5.41) is 3.82. The molecule has 0 amide bonds. The second-order valence-corrected chi connectivity index (χ2v) is 9.87. The van der Waals surface area contributed by atoms with Crippen molar-refractivity contribution in [2.75, 3.05) is 13.2 Å². The maximum absolute atomic E-state index is 5.72. The van der Waals surface area contributed by atoms with Crippen molar-refractivity contribution in [1.82, 2.24) is 10.3 Å². The minimum absolute atomic E-state index is 0.308. The van der Waals surface area contributed by atoms with E-state index in [4.69, 9.17) is 4.74 Å². The first kappa shape index (κ1) is 17.7. The normalized spacial score (nSPS) is 42.9. The van der Waals surface area contributed by atoms with Gasteiger partial charge in [0, 0.05) is 12.2 Å². The molecule has 3 fully saturated rings. The molecule has 27 heavy (non-hydrogen) atoms. The second-order valence-electron chi connectivity index (χ2n) is 9.87. The number of hydrogen-bond acceptors (Lipinski definition) is 3. The van der Waals surface area contributed by atoms with Gasteiger partial charge < -0.3 is 10.1 Å². The van der Waals surface area contributed by atoms with Crippen LogP contribution in [0.5, 0.6) is 5.75 Å². The third-order valence-corrected chi connectivity index (χ3v) is 8.84. The predicted molar refractivity (Wildman–Crippen MR) is 110 cm³/mol. The summed E-state index contributed by atoms with van der Waals surface area (Å²) in [6.45, 7) is 9.10. The molecule has 2 saturated carbocycles. The van der Waals surface area contributed by atoms with Gasteiger partial charge >= 0.3 is 0 Å². The van der Waals surface area contributed by atoms with E-state index in [0.717, 1.165) is 29.5 Å². The van der Waals surface area contributed by atoms with Crippen molar-refractivity contribution in [2.45, 2.75) is 65.3 Å². The van der Waals surface area contributed by atoms with Crippen LogP contribution in [0.4, 0.5) is 0 Å². The Morgan fingerprint density at radius 3 is 2.89 bits per heavy atom. The quantitative estimate of drug-likeness (QED) is 0.810. The summed E-state index contributed by atoms with van der Waals surface area (Å²) in [5.74, 6) is 3.51. The lowest BCUT2D eigenvalue weighted by atomic mass is 9.48. The molecule has 4 aliphatic rings. The van der Waals surface area contributed by atoms with E-state index in [2.05, 4.69) is 36.3 Å². The van der Waals surface area contributed by atoms with E-state index in [-0.39, 0.29) is 0 Å². The summed E-state index contributed by atoms with van der Waals surface area (Å²) >= 11 is 0. The van der Waals surface area contributed by atoms with Crippen LogP contribution in [0.25, 0.3) is 5.57 Å². The molecule has 146 valence electrons. The predicted octanol–water partition coefficient (Wildman–Crippen LogP) is 5.08. The van der Waals surface area contributed by atoms with E-state index in [1.807, 2.05) is 19.3 Å². The van der Waals surface area contributed by atoms with Crippen molar-refractivity contribution in [2.24, 2.45) is 28.6 Å². The summed E-state index contributed by atoms with van der Waals surface area (Å²) in [5.41, 5.74) is 3.66. The van der Waals surface area contributed by atoms with Gasteiger partial charge in [0.15, 0.2) is 0 Å². The smallest absolute Gasteiger partial charge is 0.138 e. The fourth-order valence-corrected chi connectivity index (χ4v) is 7.49. The largest absolute Gasteiger partial charge is 0.492 e. The van der Waals surface area contributed by atoms with Gasteiger partial charge in [-0.2, -0.15) is 0 Å². The zero-order valence-electron chi connectivity index (χ0n) is 17.1. The lowest BCUT2D eigenvalue weighted by Gasteiger charge is -2.57. The Bertz CT molecular complexity index is 759. The first-order chi connectivity index (χ1) is 13.1. The molecule has 0 spiro atoms. The van der Waals surface area contributed by atoms with E-state index < -0.39 is 0 Å². The lowest BCUT2D eigenvalue weighted by Crippen LogP contribution is -2.53. The lowest BCUT2D eigenvalue weighted by molar-refractivity contribution is -0.0472. The Labute approximate surface area is 164 Å². The summed E-state index contributed by atoms with van der Waals surface area (Å²) in [7, 11) is 0. The summed E-state index contributed by atoms with van der Waals surface area (Å²) in [6, 6.07) is 2.98. The highest BCUT2D eigenvalue weighted by Crippen LogP contribution is 2.65. The average molecular weight is 367 g/mol. The van der Waals surface area contributed by atoms with Crippen LogP contribution >= 0.6 is 0 Å². The molecule has 1 unspecified atom stereocenters. The van der Waals surface area contributed by atoms with Gasteiger partial charge in [0.1, 0.15) is 5.75 Å². The molecule has 0 aromatic carbocycles. The third-order valence-electron chi connectivity index (χ3n) is 8.84. The molecule has 6 atom stereocenters. The highest BCUT2D eigenvalue weighted by atomic mass is 16.5. The minimum Gasteiger partial charge on any atom is -0.492 e. The van der Waals surface area contributed by atoms with Crippen LogP contribution in [0.2, 0.25) is 0 Å². The molecular formula is C24H34N2O. The molecule has 3 heteroatoms. The SMILES string of the molecule is CCOc1cncc(C2=CC[C@H]3[C@@H]4CCC5NCC[C@]5(C)[C@H]4CC[C@]23C)c1. The Balaban J connectivity index is 1.44. The molecule has 1 aromatic heterocycles. The topological polar surface area (TPSA) is 34.1 Å². The van der Waals surface area contributed by atoms with Crippen molar-refractivity contribution in [1.29, 1.82) is 0 Å². The second kappa shape index (κ2) is 6.34. The molecule has 1 N–H and O–H groups in total. The number of aromatic nitrogens is 1. The maximum atomic E-state index is 5.72. The van der Waals surface area contributed by atoms with Crippen LogP contribution in [-0.2, 0) is 0 Å². The molecule has 5 rings (SSSR count). The summed E-state index contributed by atoms with van der Waals surface area (Å²) in [6.07, 6.45) is 14.6. The van der Waals surface area contributed by atoms with Gasteiger partial charge in [-0.15, -0.1) is 0 Å². The number of nitrogens with one attached hydrogen (secondary N) is 1. The molecule has 3 nitrogen and oxygen atoms in total. The van der Waals surface area contributed by atoms with Gasteiger partial charge in [-0.1, -0.05) is 19.9 Å². The molecule has 0 radical (unpaired) electrons. The molecule has 1 aliphatic heterocycles. The van der Waals surface area contributed by atoms with Crippen LogP contribution in [0.3, 0.4) is 0 Å². The number of ether oxygens (including phenoxy) is 1. The Hall–Kier alpha value is -1.35. The molecule has 0 bridgehead atoms. The van der Waals surface area contributed by atoms with Crippen LogP contribution < -0.4 is 10.1 Å². The van der Waals surface area contributed by atoms with Crippen molar-refractivity contribution in [3.05, 3.63) is 30.1 Å². The van der Waals surface area contributed by atoms with Gasteiger partial charge in [-0.05, 0) is 97.8 Å². The van der Waals surface area contributed by atoms with E-state index in [0.29, 0.717) is 17.4 Å². The zero-order chi connectivity index (χ0) is 18.6. The Kier molecular flexibility index (Phi) is 4.16. The first-order valence-electron chi connectivity index (χ1n) is 11.1. The van der Waals surface area contributed by atoms with Crippen molar-refractivity contribution in [3.8, 4) is 5.75 Å². The molecular weight excluding hydrogens is 332 g/mol. The van der Waals surface area contributed by atoms with Crippen LogP contribution in [0, 0.1) is 28.6 Å². The highest BCUT2D eigenvalue weighted by Gasteiger charge is 2.58. The van der Waals surface area contributed by atoms with Crippen LogP contribution in [-0.4, -0.2) is 24.2 Å². The number of fused-ring (bicyclic) bond motifs is 5. The third kappa shape index (κ3) is 2.53. The molecule has 1 aromatic rings. The van der Waals surface area contributed by atoms with Gasteiger partial charge in [0.05, 0.1) is 12.8 Å². The molecule has 2 heterocycles. The van der Waals surface area contributed by atoms with Crippen LogP contribution in [0.15, 0.2) is 24.5 Å². The van der Waals surface area contributed by atoms with Crippen molar-refractivity contribution < 1.29 is 4.74 Å². The van der Waals surface area contributed by atoms with E-state index in [1.54, 1.807) is 0 Å². The van der Waals surface area contributed by atoms with Crippen molar-refractivity contribution >= 4 is 5.57 Å². The number of allylic oxidation sites excluding steroid dienone is 2. The summed E-state index contributed by atoms with van der Waals surface area (Å²) < 4.78 is 5.72. The maximum Gasteiger partial charge on any atom is 0.138 e. The van der Waals surface area contributed by atoms with E-state index in [1.165, 1.54) is 56.2 Å². The fourth-order valence-electron chi connectivity index (χ4n) is 7.49. The summed E-state index contributed by atoms with van der Waals surface area (Å²) in [4.78, 5) is 4.48. The Morgan fingerprint density at radius 1 is 1.15 bits per heavy atom. The number of rotatable bonds is 3. The van der Waals surface area contributed by atoms with Gasteiger partial charge in [-0.25, -0.2) is 0 Å². The van der Waals surface area contributed by atoms with Gasteiger partial charge in [0.25, 0.3) is 0 Å². The number of nitrogens with zero attached hydrogens (tertiary/aromatic N) is 1. The van der Waals surface area contributed by atoms with Crippen LogP contribution in [0.1, 0.15) is 64.9 Å².